The number of hydrogen-bond donors (Lipinski definition) is 4. The Morgan fingerprint density at radius 2 is 1.17 bits per heavy atom. The van der Waals surface area contributed by atoms with E-state index >= 15 is 0 Å². The molecular weight excluding hydrogens is 308 g/mol. The van der Waals surface area contributed by atoms with E-state index in [9.17, 15) is 9.59 Å². The van der Waals surface area contributed by atoms with Gasteiger partial charge in [-0.3, -0.25) is 9.59 Å². The first kappa shape index (κ1) is 16.2. The van der Waals surface area contributed by atoms with Crippen LogP contribution >= 0.6 is 0 Å². The number of aliphatic hydroxyl groups excluding tert-OH is 2. The van der Waals surface area contributed by atoms with E-state index in [1.54, 1.807) is 36.4 Å². The van der Waals surface area contributed by atoms with E-state index in [4.69, 9.17) is 10.2 Å². The van der Waals surface area contributed by atoms with E-state index in [0.717, 1.165) is 0 Å². The molecule has 2 aromatic carbocycles. The summed E-state index contributed by atoms with van der Waals surface area (Å²) in [5.41, 5.74) is 2.41. The monoisotopic (exact) mass is 326 g/mol. The molecule has 0 amide bonds. The molecule has 4 N–H and O–H groups in total. The molecule has 0 saturated carbocycles. The molecule has 0 atom stereocenters. The van der Waals surface area contributed by atoms with Crippen molar-refractivity contribution in [3.05, 3.63) is 58.7 Å². The number of nitrogens with one attached hydrogen (secondary N) is 2. The molecule has 6 nitrogen and oxygen atoms in total. The molecule has 2 aromatic rings. The van der Waals surface area contributed by atoms with Crippen molar-refractivity contribution in [3.8, 4) is 0 Å². The molecule has 0 spiro atoms. The van der Waals surface area contributed by atoms with Crippen LogP contribution in [0.2, 0.25) is 0 Å². The van der Waals surface area contributed by atoms with Crippen LogP contribution in [0.5, 0.6) is 0 Å². The van der Waals surface area contributed by atoms with Crippen LogP contribution < -0.4 is 10.6 Å². The lowest BCUT2D eigenvalue weighted by Gasteiger charge is -2.23. The standard InChI is InChI=1S/C18H18N2O4/c21-9-7-19-13-5-1-3-11-15(13)18(24)16-12(17(11)23)4-2-6-14(16)20-8-10-22/h1-6,19-22H,7-10H2. The molecule has 1 aliphatic rings. The van der Waals surface area contributed by atoms with Crippen molar-refractivity contribution in [2.24, 2.45) is 0 Å². The van der Waals surface area contributed by atoms with Gasteiger partial charge in [-0.05, 0) is 12.1 Å². The first-order valence-electron chi connectivity index (χ1n) is 7.74. The highest BCUT2D eigenvalue weighted by Crippen LogP contribution is 2.35. The van der Waals surface area contributed by atoms with E-state index in [0.29, 0.717) is 33.6 Å². The second kappa shape index (κ2) is 6.82. The van der Waals surface area contributed by atoms with Crippen molar-refractivity contribution in [1.29, 1.82) is 0 Å². The van der Waals surface area contributed by atoms with Gasteiger partial charge < -0.3 is 20.8 Å². The highest BCUT2D eigenvalue weighted by molar-refractivity contribution is 6.31. The maximum Gasteiger partial charge on any atom is 0.198 e. The van der Waals surface area contributed by atoms with E-state index in [1.165, 1.54) is 0 Å². The number of benzene rings is 2. The van der Waals surface area contributed by atoms with Gasteiger partial charge in [-0.1, -0.05) is 24.3 Å². The van der Waals surface area contributed by atoms with Crippen LogP contribution in [0.1, 0.15) is 31.8 Å². The largest absolute Gasteiger partial charge is 0.395 e. The molecule has 0 unspecified atom stereocenters. The molecule has 3 rings (SSSR count). The smallest absolute Gasteiger partial charge is 0.198 e. The third-order valence-corrected chi connectivity index (χ3v) is 3.93. The van der Waals surface area contributed by atoms with Crippen molar-refractivity contribution in [2.45, 2.75) is 0 Å². The average molecular weight is 326 g/mol. The summed E-state index contributed by atoms with van der Waals surface area (Å²) in [6, 6.07) is 10.1. The Morgan fingerprint density at radius 1 is 0.708 bits per heavy atom. The summed E-state index contributed by atoms with van der Waals surface area (Å²) in [7, 11) is 0. The molecule has 6 heteroatoms. The summed E-state index contributed by atoms with van der Waals surface area (Å²) in [5, 5.41) is 24.0. The average Bonchev–Trinajstić information content (AvgIpc) is 2.62. The highest BCUT2D eigenvalue weighted by Gasteiger charge is 2.33. The summed E-state index contributed by atoms with van der Waals surface area (Å²) in [5.74, 6) is -0.457. The molecule has 0 aromatic heterocycles. The highest BCUT2D eigenvalue weighted by atomic mass is 16.3. The third-order valence-electron chi connectivity index (χ3n) is 3.93. The van der Waals surface area contributed by atoms with Crippen LogP contribution in [0, 0.1) is 0 Å². The normalized spacial score (nSPS) is 12.6. The van der Waals surface area contributed by atoms with Gasteiger partial charge in [0.2, 0.25) is 0 Å². The van der Waals surface area contributed by atoms with E-state index in [-0.39, 0.29) is 37.9 Å². The van der Waals surface area contributed by atoms with Gasteiger partial charge in [0, 0.05) is 35.6 Å². The minimum atomic E-state index is -0.248. The molecular formula is C18H18N2O4. The number of carbonyl (C=O) groups excluding carboxylic acids is 2. The van der Waals surface area contributed by atoms with E-state index in [1.807, 2.05) is 0 Å². The molecule has 0 fully saturated rings. The Morgan fingerprint density at radius 3 is 1.58 bits per heavy atom. The first-order valence-corrected chi connectivity index (χ1v) is 7.74. The lowest BCUT2D eigenvalue weighted by molar-refractivity contribution is 0.0980. The number of aliphatic hydroxyl groups is 2. The van der Waals surface area contributed by atoms with Gasteiger partial charge in [-0.15, -0.1) is 0 Å². The number of anilines is 2. The molecule has 0 aliphatic heterocycles. The molecule has 0 bridgehead atoms. The lowest BCUT2D eigenvalue weighted by atomic mass is 9.82. The minimum absolute atomic E-state index is 0.0777. The Bertz CT molecular complexity index is 738. The molecule has 0 radical (unpaired) electrons. The summed E-state index contributed by atoms with van der Waals surface area (Å²) in [4.78, 5) is 25.9. The second-order valence-electron chi connectivity index (χ2n) is 5.42. The fraction of sp³-hybridized carbons (Fsp3) is 0.222. The van der Waals surface area contributed by atoms with Crippen LogP contribution in [-0.4, -0.2) is 48.1 Å². The maximum atomic E-state index is 13.1. The fourth-order valence-electron chi connectivity index (χ4n) is 2.92. The van der Waals surface area contributed by atoms with Crippen LogP contribution in [0.15, 0.2) is 36.4 Å². The van der Waals surface area contributed by atoms with Gasteiger partial charge in [0.25, 0.3) is 0 Å². The SMILES string of the molecule is O=C1c2cccc(NCCO)c2C(=O)c2c(NCCO)cccc21. The summed E-state index contributed by atoms with van der Waals surface area (Å²) < 4.78 is 0. The lowest BCUT2D eigenvalue weighted by Crippen LogP contribution is -2.24. The zero-order valence-corrected chi connectivity index (χ0v) is 13.0. The third kappa shape index (κ3) is 2.66. The number of carbonyl (C=O) groups is 2. The Hall–Kier alpha value is -2.70. The molecule has 0 heterocycles. The summed E-state index contributed by atoms with van der Waals surface area (Å²) >= 11 is 0. The Labute approximate surface area is 139 Å². The topological polar surface area (TPSA) is 98.7 Å². The predicted molar refractivity (Wildman–Crippen MR) is 90.9 cm³/mol. The Kier molecular flexibility index (Phi) is 4.59. The number of rotatable bonds is 6. The van der Waals surface area contributed by atoms with Gasteiger partial charge in [-0.2, -0.15) is 0 Å². The number of hydrogen-bond acceptors (Lipinski definition) is 6. The molecule has 24 heavy (non-hydrogen) atoms. The number of ketones is 2. The van der Waals surface area contributed by atoms with Crippen molar-refractivity contribution < 1.29 is 19.8 Å². The van der Waals surface area contributed by atoms with E-state index < -0.39 is 0 Å². The molecule has 0 saturated heterocycles. The Balaban J connectivity index is 2.13. The zero-order chi connectivity index (χ0) is 17.1. The van der Waals surface area contributed by atoms with Crippen LogP contribution in [0.4, 0.5) is 11.4 Å². The van der Waals surface area contributed by atoms with Gasteiger partial charge in [0.1, 0.15) is 0 Å². The van der Waals surface area contributed by atoms with Gasteiger partial charge in [-0.25, -0.2) is 0 Å². The van der Waals surface area contributed by atoms with Gasteiger partial charge >= 0.3 is 0 Å². The summed E-state index contributed by atoms with van der Waals surface area (Å²) in [6.07, 6.45) is 0. The van der Waals surface area contributed by atoms with Crippen molar-refractivity contribution in [2.75, 3.05) is 36.9 Å². The van der Waals surface area contributed by atoms with Gasteiger partial charge in [0.15, 0.2) is 11.6 Å². The van der Waals surface area contributed by atoms with Crippen molar-refractivity contribution >= 4 is 22.9 Å². The summed E-state index contributed by atoms with van der Waals surface area (Å²) in [6.45, 7) is 0.418. The van der Waals surface area contributed by atoms with Crippen molar-refractivity contribution in [1.82, 2.24) is 0 Å². The van der Waals surface area contributed by atoms with Crippen LogP contribution in [0.25, 0.3) is 0 Å². The van der Waals surface area contributed by atoms with Crippen LogP contribution in [-0.2, 0) is 0 Å². The minimum Gasteiger partial charge on any atom is -0.395 e. The van der Waals surface area contributed by atoms with E-state index in [2.05, 4.69) is 10.6 Å². The molecule has 1 aliphatic carbocycles. The number of fused-ring (bicyclic) bond motifs is 2. The fourth-order valence-corrected chi connectivity index (χ4v) is 2.92. The van der Waals surface area contributed by atoms with Crippen LogP contribution in [0.3, 0.4) is 0 Å². The molecule has 124 valence electrons. The van der Waals surface area contributed by atoms with Gasteiger partial charge in [0.05, 0.1) is 24.3 Å². The zero-order valence-electron chi connectivity index (χ0n) is 13.0. The second-order valence-corrected chi connectivity index (χ2v) is 5.42. The maximum absolute atomic E-state index is 13.1. The quantitative estimate of drug-likeness (QED) is 0.544. The van der Waals surface area contributed by atoms with Crippen molar-refractivity contribution in [3.63, 3.8) is 0 Å². The first-order chi connectivity index (χ1) is 11.7. The predicted octanol–water partition coefficient (Wildman–Crippen LogP) is 1.27.